The molecule has 0 atom stereocenters. The van der Waals surface area contributed by atoms with Crippen LogP contribution < -0.4 is 0 Å². The normalized spacial score (nSPS) is 28.3. The smallest absolute Gasteiger partial charge is 0.0672 e. The molecule has 1 aliphatic rings. The van der Waals surface area contributed by atoms with Crippen molar-refractivity contribution in [3.05, 3.63) is 6.42 Å². The monoisotopic (exact) mass is 321 g/mol. The number of rotatable bonds is 0. The molecule has 0 bridgehead atoms. The fourth-order valence-electron chi connectivity index (χ4n) is 0.729. The van der Waals surface area contributed by atoms with E-state index in [9.17, 15) is 0 Å². The minimum atomic E-state index is 0.579. The van der Waals surface area contributed by atoms with Crippen LogP contribution in [0.5, 0.6) is 0 Å². The van der Waals surface area contributed by atoms with Crippen LogP contribution in [0.3, 0.4) is 0 Å². The Kier molecular flexibility index (Phi) is 2.23. The minimum Gasteiger partial charge on any atom is -0.0672 e. The average Bonchev–Trinajstić information content (AvgIpc) is 1.84. The lowest BCUT2D eigenvalue weighted by molar-refractivity contribution is 0.912. The van der Waals surface area contributed by atoms with Gasteiger partial charge in [0.1, 0.15) is 0 Å². The molecule has 0 aromatic heterocycles. The third-order valence-electron chi connectivity index (χ3n) is 1.16. The highest BCUT2D eigenvalue weighted by Crippen LogP contribution is 2.42. The molecule has 0 N–H and O–H groups in total. The van der Waals surface area contributed by atoms with Gasteiger partial charge in [0.25, 0.3) is 0 Å². The Hall–Kier alpha value is 1.46. The summed E-state index contributed by atoms with van der Waals surface area (Å²) in [5, 5.41) is 0. The van der Waals surface area contributed by atoms with Crippen molar-refractivity contribution in [2.24, 2.45) is 0 Å². The van der Waals surface area contributed by atoms with Crippen LogP contribution in [0.1, 0.15) is 19.3 Å². The van der Waals surface area contributed by atoms with Crippen LogP contribution >= 0.6 is 45.2 Å². The SMILES string of the molecule is IC1(I)C[CH]CC1. The molecule has 2 heteroatoms. The Balaban J connectivity index is 2.40. The molecule has 0 amide bonds. The van der Waals surface area contributed by atoms with Gasteiger partial charge in [-0.2, -0.15) is 0 Å². The molecular weight excluding hydrogens is 314 g/mol. The lowest BCUT2D eigenvalue weighted by Gasteiger charge is -2.08. The predicted molar refractivity (Wildman–Crippen MR) is 48.9 cm³/mol. The first-order chi connectivity index (χ1) is 3.21. The summed E-state index contributed by atoms with van der Waals surface area (Å²) in [6.45, 7) is 0. The molecule has 41 valence electrons. The van der Waals surface area contributed by atoms with Crippen LogP contribution in [0.2, 0.25) is 0 Å². The van der Waals surface area contributed by atoms with Gasteiger partial charge in [-0.3, -0.25) is 0 Å². The Bertz CT molecular complexity index is 60.5. The van der Waals surface area contributed by atoms with Crippen LogP contribution in [0, 0.1) is 6.42 Å². The molecular formula is C5H7I2. The van der Waals surface area contributed by atoms with Crippen LogP contribution in [0.4, 0.5) is 0 Å². The van der Waals surface area contributed by atoms with Crippen molar-refractivity contribution in [3.8, 4) is 0 Å². The van der Waals surface area contributed by atoms with E-state index < -0.39 is 0 Å². The molecule has 0 nitrogen and oxygen atoms in total. The molecule has 0 aromatic carbocycles. The zero-order valence-corrected chi connectivity index (χ0v) is 8.27. The molecule has 0 aliphatic heterocycles. The van der Waals surface area contributed by atoms with Crippen molar-refractivity contribution in [2.75, 3.05) is 0 Å². The van der Waals surface area contributed by atoms with Gasteiger partial charge in [-0.15, -0.1) is 0 Å². The first kappa shape index (κ1) is 6.58. The first-order valence-corrected chi connectivity index (χ1v) is 4.56. The van der Waals surface area contributed by atoms with Crippen molar-refractivity contribution in [2.45, 2.75) is 20.7 Å². The number of alkyl halides is 2. The average molecular weight is 321 g/mol. The second kappa shape index (κ2) is 2.37. The van der Waals surface area contributed by atoms with E-state index in [-0.39, 0.29) is 0 Å². The Morgan fingerprint density at radius 2 is 2.14 bits per heavy atom. The van der Waals surface area contributed by atoms with E-state index in [1.807, 2.05) is 0 Å². The zero-order valence-electron chi connectivity index (χ0n) is 3.95. The summed E-state index contributed by atoms with van der Waals surface area (Å²) in [5.41, 5.74) is 0. The van der Waals surface area contributed by atoms with Crippen LogP contribution in [0.15, 0.2) is 0 Å². The van der Waals surface area contributed by atoms with Crippen LogP contribution in [0.25, 0.3) is 0 Å². The van der Waals surface area contributed by atoms with Gasteiger partial charge in [0.15, 0.2) is 0 Å². The van der Waals surface area contributed by atoms with Gasteiger partial charge in [0, 0.05) is 0 Å². The third kappa shape index (κ3) is 2.03. The van der Waals surface area contributed by atoms with E-state index >= 15 is 0 Å². The van der Waals surface area contributed by atoms with Gasteiger partial charge in [-0.05, 0) is 25.7 Å². The highest BCUT2D eigenvalue weighted by atomic mass is 127. The summed E-state index contributed by atoms with van der Waals surface area (Å²) >= 11 is 5.04. The Morgan fingerprint density at radius 3 is 2.29 bits per heavy atom. The van der Waals surface area contributed by atoms with E-state index in [4.69, 9.17) is 0 Å². The molecule has 0 heterocycles. The molecule has 0 aromatic rings. The maximum atomic E-state index is 2.52. The van der Waals surface area contributed by atoms with Gasteiger partial charge in [0.2, 0.25) is 0 Å². The summed E-state index contributed by atoms with van der Waals surface area (Å²) in [4.78, 5) is 0. The fourth-order valence-corrected chi connectivity index (χ4v) is 1.97. The maximum absolute atomic E-state index is 2.52. The summed E-state index contributed by atoms with van der Waals surface area (Å²) in [6.07, 6.45) is 6.37. The topological polar surface area (TPSA) is 0 Å². The van der Waals surface area contributed by atoms with E-state index in [2.05, 4.69) is 51.6 Å². The summed E-state index contributed by atoms with van der Waals surface area (Å²) in [6, 6.07) is 0. The van der Waals surface area contributed by atoms with Gasteiger partial charge >= 0.3 is 0 Å². The number of hydrogen-bond acceptors (Lipinski definition) is 0. The van der Waals surface area contributed by atoms with Crippen molar-refractivity contribution in [3.63, 3.8) is 0 Å². The Labute approximate surface area is 71.7 Å². The molecule has 0 unspecified atom stereocenters. The van der Waals surface area contributed by atoms with Gasteiger partial charge in [0.05, 0.1) is 1.43 Å². The second-order valence-electron chi connectivity index (χ2n) is 1.89. The predicted octanol–water partition coefficient (Wildman–Crippen LogP) is 2.94. The lowest BCUT2D eigenvalue weighted by atomic mass is 10.4. The molecule has 0 spiro atoms. The minimum absolute atomic E-state index is 0.579. The fraction of sp³-hybridized carbons (Fsp3) is 0.800. The summed E-state index contributed by atoms with van der Waals surface area (Å²) in [5.74, 6) is 0. The highest BCUT2D eigenvalue weighted by molar-refractivity contribution is 14.2. The van der Waals surface area contributed by atoms with E-state index in [0.717, 1.165) is 0 Å². The molecule has 1 aliphatic carbocycles. The molecule has 1 rings (SSSR count). The van der Waals surface area contributed by atoms with Crippen molar-refractivity contribution in [1.82, 2.24) is 0 Å². The third-order valence-corrected chi connectivity index (χ3v) is 3.12. The molecule has 1 fully saturated rings. The van der Waals surface area contributed by atoms with Crippen molar-refractivity contribution < 1.29 is 0 Å². The van der Waals surface area contributed by atoms with E-state index in [0.29, 0.717) is 1.43 Å². The quantitative estimate of drug-likeness (QED) is 0.475. The van der Waals surface area contributed by atoms with Crippen LogP contribution in [-0.2, 0) is 0 Å². The lowest BCUT2D eigenvalue weighted by Crippen LogP contribution is -2.00. The molecule has 0 saturated heterocycles. The summed E-state index contributed by atoms with van der Waals surface area (Å²) < 4.78 is 0.579. The number of halogens is 2. The maximum Gasteiger partial charge on any atom is 0.0737 e. The second-order valence-corrected chi connectivity index (χ2v) is 8.08. The standard InChI is InChI=1S/C5H7I2/c6-5(7)3-1-2-4-5/h1H,2-4H2. The Morgan fingerprint density at radius 1 is 1.43 bits per heavy atom. The highest BCUT2D eigenvalue weighted by Gasteiger charge is 2.26. The van der Waals surface area contributed by atoms with Crippen molar-refractivity contribution in [1.29, 1.82) is 0 Å². The first-order valence-electron chi connectivity index (χ1n) is 2.40. The van der Waals surface area contributed by atoms with Crippen LogP contribution in [-0.4, -0.2) is 1.43 Å². The molecule has 1 saturated carbocycles. The largest absolute Gasteiger partial charge is 0.0737 e. The van der Waals surface area contributed by atoms with Gasteiger partial charge in [-0.25, -0.2) is 0 Å². The molecule has 1 radical (unpaired) electrons. The number of hydrogen-bond donors (Lipinski definition) is 0. The van der Waals surface area contributed by atoms with E-state index in [1.54, 1.807) is 0 Å². The zero-order chi connectivity index (χ0) is 5.33. The van der Waals surface area contributed by atoms with Gasteiger partial charge < -0.3 is 0 Å². The summed E-state index contributed by atoms with van der Waals surface area (Å²) in [7, 11) is 0. The van der Waals surface area contributed by atoms with E-state index in [1.165, 1.54) is 19.3 Å². The molecule has 7 heavy (non-hydrogen) atoms. The van der Waals surface area contributed by atoms with Gasteiger partial charge in [-0.1, -0.05) is 45.2 Å². The van der Waals surface area contributed by atoms with Crippen molar-refractivity contribution >= 4 is 45.2 Å².